The monoisotopic (exact) mass is 488 g/mol. The number of aromatic nitrogens is 1. The first-order chi connectivity index (χ1) is 15.0. The standard InChI is InChI=1S/C20H26F2N4O4S2/c1-3-4-15(2)24-31(27,28)17-6-8-20(23-14-17)25-9-11-26(12-10-25)32(29,30)16-5-7-18(21)19(22)13-16/h5-8,13-15,24H,3-4,9-12H2,1-2H3. The zero-order valence-electron chi connectivity index (χ0n) is 17.8. The van der Waals surface area contributed by atoms with Gasteiger partial charge in [0, 0.05) is 38.4 Å². The molecule has 3 rings (SSSR count). The molecule has 12 heteroatoms. The number of halogens is 2. The van der Waals surface area contributed by atoms with Crippen molar-refractivity contribution < 1.29 is 25.6 Å². The Bertz CT molecular complexity index is 1150. The SMILES string of the molecule is CCCC(C)NS(=O)(=O)c1ccc(N2CCN(S(=O)(=O)c3ccc(F)c(F)c3)CC2)nc1. The fourth-order valence-electron chi connectivity index (χ4n) is 3.49. The fraction of sp³-hybridized carbons (Fsp3) is 0.450. The van der Waals surface area contributed by atoms with Crippen LogP contribution in [0.15, 0.2) is 46.3 Å². The Morgan fingerprint density at radius 1 is 1.00 bits per heavy atom. The summed E-state index contributed by atoms with van der Waals surface area (Å²) >= 11 is 0. The maximum atomic E-state index is 13.5. The number of hydrogen-bond acceptors (Lipinski definition) is 6. The van der Waals surface area contributed by atoms with Crippen LogP contribution < -0.4 is 9.62 Å². The molecule has 8 nitrogen and oxygen atoms in total. The van der Waals surface area contributed by atoms with E-state index >= 15 is 0 Å². The number of nitrogens with zero attached hydrogens (tertiary/aromatic N) is 3. The van der Waals surface area contributed by atoms with Crippen molar-refractivity contribution in [3.63, 3.8) is 0 Å². The van der Waals surface area contributed by atoms with Gasteiger partial charge in [-0.2, -0.15) is 4.31 Å². The van der Waals surface area contributed by atoms with Gasteiger partial charge in [-0.25, -0.2) is 35.3 Å². The van der Waals surface area contributed by atoms with Crippen molar-refractivity contribution in [3.8, 4) is 0 Å². The molecule has 1 unspecified atom stereocenters. The smallest absolute Gasteiger partial charge is 0.243 e. The Kier molecular flexibility index (Phi) is 7.48. The van der Waals surface area contributed by atoms with Crippen molar-refractivity contribution in [2.24, 2.45) is 0 Å². The topological polar surface area (TPSA) is 99.7 Å². The Morgan fingerprint density at radius 2 is 1.66 bits per heavy atom. The molecule has 1 aliphatic heterocycles. The summed E-state index contributed by atoms with van der Waals surface area (Å²) in [6, 6.07) is 5.36. The third-order valence-electron chi connectivity index (χ3n) is 5.20. The molecule has 176 valence electrons. The number of hydrogen-bond donors (Lipinski definition) is 1. The Balaban J connectivity index is 1.65. The summed E-state index contributed by atoms with van der Waals surface area (Å²) in [6.45, 7) is 4.65. The lowest BCUT2D eigenvalue weighted by Crippen LogP contribution is -2.49. The van der Waals surface area contributed by atoms with Gasteiger partial charge in [0.1, 0.15) is 10.7 Å². The van der Waals surface area contributed by atoms with Crippen LogP contribution in [0.2, 0.25) is 0 Å². The molecule has 32 heavy (non-hydrogen) atoms. The van der Waals surface area contributed by atoms with E-state index in [9.17, 15) is 25.6 Å². The van der Waals surface area contributed by atoms with E-state index in [0.29, 0.717) is 25.0 Å². The third kappa shape index (κ3) is 5.42. The number of nitrogens with one attached hydrogen (secondary N) is 1. The Hall–Kier alpha value is -2.15. The molecule has 0 radical (unpaired) electrons. The quantitative estimate of drug-likeness (QED) is 0.612. The van der Waals surface area contributed by atoms with Gasteiger partial charge in [0.2, 0.25) is 20.0 Å². The highest BCUT2D eigenvalue weighted by Gasteiger charge is 2.30. The Labute approximate surface area is 187 Å². The van der Waals surface area contributed by atoms with Crippen molar-refractivity contribution in [1.29, 1.82) is 0 Å². The average Bonchev–Trinajstić information content (AvgIpc) is 2.75. The minimum atomic E-state index is -3.96. The molecule has 0 spiro atoms. The molecule has 0 aliphatic carbocycles. The van der Waals surface area contributed by atoms with E-state index in [1.165, 1.54) is 16.6 Å². The minimum Gasteiger partial charge on any atom is -0.354 e. The summed E-state index contributed by atoms with van der Waals surface area (Å²) in [5.74, 6) is -1.81. The molecule has 0 saturated carbocycles. The lowest BCUT2D eigenvalue weighted by Gasteiger charge is -2.34. The molecule has 1 fully saturated rings. The number of anilines is 1. The summed E-state index contributed by atoms with van der Waals surface area (Å²) in [7, 11) is -7.63. The molecule has 2 aromatic rings. The lowest BCUT2D eigenvalue weighted by molar-refractivity contribution is 0.383. The third-order valence-corrected chi connectivity index (χ3v) is 8.67. The molecule has 2 heterocycles. The van der Waals surface area contributed by atoms with Crippen LogP contribution in [0.25, 0.3) is 0 Å². The van der Waals surface area contributed by atoms with E-state index in [4.69, 9.17) is 0 Å². The van der Waals surface area contributed by atoms with Gasteiger partial charge in [-0.15, -0.1) is 0 Å². The van der Waals surface area contributed by atoms with Gasteiger partial charge in [-0.3, -0.25) is 0 Å². The predicted octanol–water partition coefficient (Wildman–Crippen LogP) is 2.34. The minimum absolute atomic E-state index is 0.0590. The first kappa shape index (κ1) is 24.5. The molecule has 1 aliphatic rings. The maximum absolute atomic E-state index is 13.5. The molecule has 1 saturated heterocycles. The second kappa shape index (κ2) is 9.77. The van der Waals surface area contributed by atoms with Gasteiger partial charge in [0.15, 0.2) is 11.6 Å². The zero-order valence-corrected chi connectivity index (χ0v) is 19.5. The second-order valence-corrected chi connectivity index (χ2v) is 11.3. The molecule has 1 aromatic heterocycles. The summed E-state index contributed by atoms with van der Waals surface area (Å²) in [5.41, 5.74) is 0. The zero-order chi connectivity index (χ0) is 23.5. The molecular weight excluding hydrogens is 462 g/mol. The van der Waals surface area contributed by atoms with Gasteiger partial charge >= 0.3 is 0 Å². The van der Waals surface area contributed by atoms with Gasteiger partial charge in [-0.05, 0) is 43.7 Å². The molecule has 1 N–H and O–H groups in total. The molecule has 0 amide bonds. The molecular formula is C20H26F2N4O4S2. The van der Waals surface area contributed by atoms with Crippen LogP contribution in [-0.2, 0) is 20.0 Å². The van der Waals surface area contributed by atoms with Crippen LogP contribution >= 0.6 is 0 Å². The summed E-state index contributed by atoms with van der Waals surface area (Å²) in [4.78, 5) is 5.83. The number of sulfonamides is 2. The highest BCUT2D eigenvalue weighted by atomic mass is 32.2. The van der Waals surface area contributed by atoms with Crippen LogP contribution in [0.1, 0.15) is 26.7 Å². The van der Waals surface area contributed by atoms with Crippen molar-refractivity contribution in [3.05, 3.63) is 48.2 Å². The van der Waals surface area contributed by atoms with E-state index in [2.05, 4.69) is 9.71 Å². The normalized spacial score (nSPS) is 16.8. The van der Waals surface area contributed by atoms with Gasteiger partial charge in [-0.1, -0.05) is 13.3 Å². The number of rotatable bonds is 8. The van der Waals surface area contributed by atoms with Crippen LogP contribution in [-0.4, -0.2) is 58.3 Å². The summed E-state index contributed by atoms with van der Waals surface area (Å²) in [6.07, 6.45) is 2.86. The molecule has 0 bridgehead atoms. The highest BCUT2D eigenvalue weighted by Crippen LogP contribution is 2.22. The van der Waals surface area contributed by atoms with Crippen molar-refractivity contribution in [2.75, 3.05) is 31.1 Å². The van der Waals surface area contributed by atoms with E-state index < -0.39 is 31.7 Å². The van der Waals surface area contributed by atoms with Gasteiger partial charge < -0.3 is 4.90 Å². The number of piperazine rings is 1. The lowest BCUT2D eigenvalue weighted by atomic mass is 10.2. The second-order valence-electron chi connectivity index (χ2n) is 7.63. The molecule has 1 atom stereocenters. The largest absolute Gasteiger partial charge is 0.354 e. The first-order valence-corrected chi connectivity index (χ1v) is 13.2. The van der Waals surface area contributed by atoms with Crippen molar-refractivity contribution >= 4 is 25.9 Å². The van der Waals surface area contributed by atoms with Crippen LogP contribution in [0.4, 0.5) is 14.6 Å². The van der Waals surface area contributed by atoms with Crippen LogP contribution in [0.5, 0.6) is 0 Å². The Morgan fingerprint density at radius 3 is 2.22 bits per heavy atom. The van der Waals surface area contributed by atoms with E-state index in [0.717, 1.165) is 25.0 Å². The van der Waals surface area contributed by atoms with E-state index in [1.807, 2.05) is 11.8 Å². The fourth-order valence-corrected chi connectivity index (χ4v) is 6.14. The van der Waals surface area contributed by atoms with Gasteiger partial charge in [0.05, 0.1) is 4.90 Å². The summed E-state index contributed by atoms with van der Waals surface area (Å²) < 4.78 is 80.7. The van der Waals surface area contributed by atoms with Crippen LogP contribution in [0, 0.1) is 11.6 Å². The van der Waals surface area contributed by atoms with Crippen molar-refractivity contribution in [2.45, 2.75) is 42.5 Å². The van der Waals surface area contributed by atoms with E-state index in [1.54, 1.807) is 13.0 Å². The maximum Gasteiger partial charge on any atom is 0.243 e. The number of benzene rings is 1. The van der Waals surface area contributed by atoms with Crippen LogP contribution in [0.3, 0.4) is 0 Å². The first-order valence-electron chi connectivity index (χ1n) is 10.2. The molecule has 1 aromatic carbocycles. The highest BCUT2D eigenvalue weighted by molar-refractivity contribution is 7.89. The van der Waals surface area contributed by atoms with Gasteiger partial charge in [0.25, 0.3) is 0 Å². The number of pyridine rings is 1. The summed E-state index contributed by atoms with van der Waals surface area (Å²) in [5, 5.41) is 0. The van der Waals surface area contributed by atoms with E-state index in [-0.39, 0.29) is 28.9 Å². The van der Waals surface area contributed by atoms with Crippen molar-refractivity contribution in [1.82, 2.24) is 14.0 Å². The predicted molar refractivity (Wildman–Crippen MR) is 116 cm³/mol. The average molecular weight is 489 g/mol.